The number of aromatic nitrogens is 4. The van der Waals surface area contributed by atoms with Crippen LogP contribution >= 0.6 is 0 Å². The Labute approximate surface area is 242 Å². The summed E-state index contributed by atoms with van der Waals surface area (Å²) in [4.78, 5) is 49.3. The summed E-state index contributed by atoms with van der Waals surface area (Å²) in [5, 5.41) is 7.20. The quantitative estimate of drug-likeness (QED) is 0.349. The van der Waals surface area contributed by atoms with Crippen molar-refractivity contribution in [2.45, 2.75) is 26.3 Å². The van der Waals surface area contributed by atoms with E-state index in [1.54, 1.807) is 48.8 Å². The highest BCUT2D eigenvalue weighted by molar-refractivity contribution is 6.10. The predicted molar refractivity (Wildman–Crippen MR) is 159 cm³/mol. The zero-order valence-electron chi connectivity index (χ0n) is 23.5. The Hall–Kier alpha value is -5.38. The highest BCUT2D eigenvalue weighted by Gasteiger charge is 2.38. The van der Waals surface area contributed by atoms with Gasteiger partial charge in [0.1, 0.15) is 11.7 Å². The number of imidazole rings is 1. The number of benzene rings is 2. The van der Waals surface area contributed by atoms with Gasteiger partial charge < -0.3 is 10.2 Å². The van der Waals surface area contributed by atoms with Crippen molar-refractivity contribution in [3.05, 3.63) is 108 Å². The van der Waals surface area contributed by atoms with E-state index in [1.165, 1.54) is 11.9 Å². The molecule has 1 N–H and O–H groups in total. The largest absolute Gasteiger partial charge is 0.357 e. The molecule has 0 radical (unpaired) electrons. The van der Waals surface area contributed by atoms with E-state index >= 15 is 0 Å². The van der Waals surface area contributed by atoms with Crippen molar-refractivity contribution in [3.63, 3.8) is 0 Å². The van der Waals surface area contributed by atoms with Crippen LogP contribution in [0.5, 0.6) is 0 Å². The summed E-state index contributed by atoms with van der Waals surface area (Å²) in [5.74, 6) is -1.03. The van der Waals surface area contributed by atoms with Gasteiger partial charge in [0.05, 0.1) is 29.8 Å². The van der Waals surface area contributed by atoms with Crippen molar-refractivity contribution in [1.29, 1.82) is 0 Å². The van der Waals surface area contributed by atoms with Gasteiger partial charge in [-0.1, -0.05) is 30.3 Å². The molecule has 1 aliphatic rings. The first-order valence-electron chi connectivity index (χ1n) is 13.6. The van der Waals surface area contributed by atoms with Crippen LogP contribution in [0.3, 0.4) is 0 Å². The minimum absolute atomic E-state index is 0.0961. The van der Waals surface area contributed by atoms with E-state index < -0.39 is 11.9 Å². The Morgan fingerprint density at radius 2 is 1.76 bits per heavy atom. The Morgan fingerprint density at radius 1 is 0.952 bits per heavy atom. The number of hydrogen-bond acceptors (Lipinski definition) is 5. The molecule has 210 valence electrons. The number of hydrogen-bond donors (Lipinski definition) is 1. The molecular formula is C32H29N7O3. The van der Waals surface area contributed by atoms with Gasteiger partial charge in [-0.25, -0.2) is 14.7 Å². The lowest BCUT2D eigenvalue weighted by Gasteiger charge is -2.22. The van der Waals surface area contributed by atoms with Gasteiger partial charge in [0.2, 0.25) is 5.91 Å². The van der Waals surface area contributed by atoms with Gasteiger partial charge >= 0.3 is 0 Å². The molecule has 0 bridgehead atoms. The third-order valence-electron chi connectivity index (χ3n) is 7.40. The van der Waals surface area contributed by atoms with E-state index in [-0.39, 0.29) is 24.8 Å². The molecule has 2 aromatic carbocycles. The molecule has 10 nitrogen and oxygen atoms in total. The van der Waals surface area contributed by atoms with Gasteiger partial charge in [-0.15, -0.1) is 0 Å². The number of fused-ring (bicyclic) bond motifs is 1. The van der Waals surface area contributed by atoms with Crippen LogP contribution in [0.2, 0.25) is 0 Å². The maximum absolute atomic E-state index is 13.2. The second kappa shape index (κ2) is 10.9. The number of pyridine rings is 1. The number of carbonyl (C=O) groups is 3. The fourth-order valence-corrected chi connectivity index (χ4v) is 5.37. The molecule has 1 aliphatic heterocycles. The van der Waals surface area contributed by atoms with Crippen LogP contribution < -0.4 is 5.32 Å². The van der Waals surface area contributed by atoms with Crippen LogP contribution in [-0.2, 0) is 4.79 Å². The number of aryl methyl sites for hydroxylation is 2. The average molecular weight is 560 g/mol. The Kier molecular flexibility index (Phi) is 6.95. The van der Waals surface area contributed by atoms with Crippen LogP contribution in [0.1, 0.15) is 38.5 Å². The van der Waals surface area contributed by atoms with Gasteiger partial charge in [0.15, 0.2) is 0 Å². The Morgan fingerprint density at radius 3 is 2.50 bits per heavy atom. The number of likely N-dealkylation sites (tertiary alicyclic amines) is 1. The minimum Gasteiger partial charge on any atom is -0.357 e. The molecule has 3 amide bonds. The number of amides is 3. The molecule has 1 atom stereocenters. The van der Waals surface area contributed by atoms with Crippen LogP contribution in [0, 0.1) is 13.8 Å². The molecule has 0 unspecified atom stereocenters. The highest BCUT2D eigenvalue weighted by atomic mass is 16.2. The molecule has 0 spiro atoms. The van der Waals surface area contributed by atoms with Crippen LogP contribution in [-0.4, -0.2) is 67.1 Å². The lowest BCUT2D eigenvalue weighted by molar-refractivity contribution is -0.124. The summed E-state index contributed by atoms with van der Waals surface area (Å²) >= 11 is 0. The maximum atomic E-state index is 13.2. The lowest BCUT2D eigenvalue weighted by Crippen LogP contribution is -2.44. The van der Waals surface area contributed by atoms with Gasteiger partial charge in [0.25, 0.3) is 11.8 Å². The molecule has 42 heavy (non-hydrogen) atoms. The third-order valence-corrected chi connectivity index (χ3v) is 7.40. The number of carbonyl (C=O) groups excluding carboxylic acids is 3. The van der Waals surface area contributed by atoms with E-state index in [2.05, 4.69) is 26.5 Å². The van der Waals surface area contributed by atoms with E-state index in [4.69, 9.17) is 0 Å². The normalized spacial score (nSPS) is 15.8. The van der Waals surface area contributed by atoms with Crippen molar-refractivity contribution < 1.29 is 14.4 Å². The summed E-state index contributed by atoms with van der Waals surface area (Å²) in [5.41, 5.74) is 6.69. The SMILES string of the molecule is CNC(=O)[C@H]1C/C(=N\C(=O)c2ccn3c(-c4cccc(-n5nc(C)cc5C)c4)cnc3c2)CN1C(=O)c1ccccc1. The van der Waals surface area contributed by atoms with Crippen molar-refractivity contribution in [2.75, 3.05) is 13.6 Å². The summed E-state index contributed by atoms with van der Waals surface area (Å²) in [7, 11) is 1.53. The summed E-state index contributed by atoms with van der Waals surface area (Å²) in [6, 6.07) is 21.5. The second-order valence-electron chi connectivity index (χ2n) is 10.3. The molecule has 1 saturated heterocycles. The van der Waals surface area contributed by atoms with E-state index in [0.717, 1.165) is 28.3 Å². The van der Waals surface area contributed by atoms with Crippen molar-refractivity contribution in [2.24, 2.45) is 4.99 Å². The first-order valence-corrected chi connectivity index (χ1v) is 13.6. The predicted octanol–water partition coefficient (Wildman–Crippen LogP) is 4.05. The molecule has 0 aliphatic carbocycles. The molecule has 4 heterocycles. The number of nitrogens with one attached hydrogen (secondary N) is 1. The van der Waals surface area contributed by atoms with E-state index in [9.17, 15) is 14.4 Å². The van der Waals surface area contributed by atoms with Crippen LogP contribution in [0.4, 0.5) is 0 Å². The lowest BCUT2D eigenvalue weighted by atomic mass is 10.1. The van der Waals surface area contributed by atoms with E-state index in [0.29, 0.717) is 22.5 Å². The fraction of sp³-hybridized carbons (Fsp3) is 0.188. The molecule has 3 aromatic heterocycles. The monoisotopic (exact) mass is 559 g/mol. The van der Waals surface area contributed by atoms with Gasteiger partial charge in [-0.2, -0.15) is 5.10 Å². The first-order chi connectivity index (χ1) is 20.3. The number of nitrogens with zero attached hydrogens (tertiary/aromatic N) is 6. The van der Waals surface area contributed by atoms with Crippen LogP contribution in [0.15, 0.2) is 90.2 Å². The third kappa shape index (κ3) is 4.98. The topological polar surface area (TPSA) is 114 Å². The standard InChI is InChI=1S/C32H29N7O3/c1-20-14-21(2)39(36-20)26-11-7-10-23(15-26)28-18-34-29-16-24(12-13-37(28)29)30(40)35-25-17-27(31(41)33-3)38(19-25)32(42)22-8-5-4-6-9-22/h4-16,18,27H,17,19H2,1-3H3,(H,33,41)/b35-25+/t27-/m1/s1. The molecule has 10 heteroatoms. The van der Waals surface area contributed by atoms with Crippen molar-refractivity contribution in [1.82, 2.24) is 29.4 Å². The average Bonchev–Trinajstić information content (AvgIpc) is 3.72. The summed E-state index contributed by atoms with van der Waals surface area (Å²) in [6.45, 7) is 4.08. The van der Waals surface area contributed by atoms with Crippen molar-refractivity contribution >= 4 is 29.1 Å². The van der Waals surface area contributed by atoms with Gasteiger partial charge in [0, 0.05) is 47.8 Å². The summed E-state index contributed by atoms with van der Waals surface area (Å²) in [6.07, 6.45) is 3.76. The maximum Gasteiger partial charge on any atom is 0.277 e. The van der Waals surface area contributed by atoms with Gasteiger partial charge in [-0.05, 0) is 56.3 Å². The molecule has 5 aromatic rings. The van der Waals surface area contributed by atoms with E-state index in [1.807, 2.05) is 53.3 Å². The fourth-order valence-electron chi connectivity index (χ4n) is 5.37. The number of likely N-dealkylation sites (N-methyl/N-ethyl adjacent to an activating group) is 1. The molecular weight excluding hydrogens is 530 g/mol. The Balaban J connectivity index is 1.25. The molecule has 0 saturated carbocycles. The highest BCUT2D eigenvalue weighted by Crippen LogP contribution is 2.25. The minimum atomic E-state index is -0.739. The molecule has 6 rings (SSSR count). The number of rotatable bonds is 5. The van der Waals surface area contributed by atoms with Crippen molar-refractivity contribution in [3.8, 4) is 16.9 Å². The zero-order chi connectivity index (χ0) is 29.4. The molecule has 1 fully saturated rings. The first kappa shape index (κ1) is 26.8. The number of aliphatic imine (C=N–C) groups is 1. The second-order valence-corrected chi connectivity index (χ2v) is 10.3. The van der Waals surface area contributed by atoms with Crippen LogP contribution in [0.25, 0.3) is 22.6 Å². The Bertz CT molecular complexity index is 1870. The van der Waals surface area contributed by atoms with Gasteiger partial charge in [-0.3, -0.25) is 18.8 Å². The summed E-state index contributed by atoms with van der Waals surface area (Å²) < 4.78 is 3.83. The zero-order valence-corrected chi connectivity index (χ0v) is 23.5. The smallest absolute Gasteiger partial charge is 0.277 e.